The molecule has 5 nitrogen and oxygen atoms in total. The monoisotopic (exact) mass is 286 g/mol. The Morgan fingerprint density at radius 2 is 2.14 bits per heavy atom. The van der Waals surface area contributed by atoms with Gasteiger partial charge in [-0.25, -0.2) is 0 Å². The molecule has 2 unspecified atom stereocenters. The molecular weight excluding hydrogens is 268 g/mol. The minimum absolute atomic E-state index is 0.215. The largest absolute Gasteiger partial charge is 0.393 e. The van der Waals surface area contributed by atoms with Crippen LogP contribution in [0.1, 0.15) is 29.8 Å². The molecule has 5 heteroatoms. The van der Waals surface area contributed by atoms with E-state index in [1.54, 1.807) is 6.07 Å². The van der Waals surface area contributed by atoms with E-state index in [-0.39, 0.29) is 17.8 Å². The number of amides is 1. The summed E-state index contributed by atoms with van der Waals surface area (Å²) in [6.07, 6.45) is 2.31. The molecule has 0 spiro atoms. The van der Waals surface area contributed by atoms with Crippen LogP contribution in [0.15, 0.2) is 40.9 Å². The third-order valence-electron chi connectivity index (χ3n) is 3.87. The molecule has 0 bridgehead atoms. The summed E-state index contributed by atoms with van der Waals surface area (Å²) in [7, 11) is 0. The summed E-state index contributed by atoms with van der Waals surface area (Å²) < 4.78 is 5.11. The number of nitrogens with one attached hydrogen (secondary N) is 1. The van der Waals surface area contributed by atoms with Gasteiger partial charge in [0.1, 0.15) is 5.69 Å². The van der Waals surface area contributed by atoms with Crippen LogP contribution in [0.2, 0.25) is 0 Å². The fourth-order valence-electron chi connectivity index (χ4n) is 2.69. The molecule has 1 saturated carbocycles. The molecule has 1 amide bonds. The second-order valence-electron chi connectivity index (χ2n) is 5.49. The Balaban J connectivity index is 1.59. The first-order valence-corrected chi connectivity index (χ1v) is 7.21. The van der Waals surface area contributed by atoms with E-state index in [2.05, 4.69) is 10.5 Å². The van der Waals surface area contributed by atoms with Gasteiger partial charge in [0.25, 0.3) is 5.91 Å². The van der Waals surface area contributed by atoms with Crippen LogP contribution in [-0.2, 0) is 0 Å². The number of aliphatic hydroxyl groups excluding tert-OH is 1. The molecular formula is C16H18N2O3. The lowest BCUT2D eigenvalue weighted by Gasteiger charge is -2.09. The second-order valence-corrected chi connectivity index (χ2v) is 5.49. The first-order chi connectivity index (χ1) is 10.2. The molecule has 1 aromatic carbocycles. The number of aromatic nitrogens is 1. The summed E-state index contributed by atoms with van der Waals surface area (Å²) in [6, 6.07) is 11.2. The molecule has 0 saturated heterocycles. The van der Waals surface area contributed by atoms with Crippen molar-refractivity contribution in [2.45, 2.75) is 25.4 Å². The van der Waals surface area contributed by atoms with Crippen molar-refractivity contribution >= 4 is 5.91 Å². The Labute approximate surface area is 123 Å². The third-order valence-corrected chi connectivity index (χ3v) is 3.87. The number of rotatable bonds is 4. The van der Waals surface area contributed by atoms with Gasteiger partial charge in [0, 0.05) is 18.2 Å². The summed E-state index contributed by atoms with van der Waals surface area (Å²) in [5.41, 5.74) is 1.57. The van der Waals surface area contributed by atoms with Gasteiger partial charge in [0.15, 0.2) is 0 Å². The van der Waals surface area contributed by atoms with Crippen molar-refractivity contribution in [3.63, 3.8) is 0 Å². The van der Waals surface area contributed by atoms with Crippen LogP contribution >= 0.6 is 0 Å². The fraction of sp³-hybridized carbons (Fsp3) is 0.375. The molecule has 0 radical (unpaired) electrons. The van der Waals surface area contributed by atoms with Crippen LogP contribution in [-0.4, -0.2) is 28.8 Å². The maximum Gasteiger partial charge on any atom is 0.289 e. The molecule has 2 aromatic rings. The van der Waals surface area contributed by atoms with Crippen molar-refractivity contribution in [2.24, 2.45) is 5.92 Å². The van der Waals surface area contributed by atoms with Gasteiger partial charge in [-0.05, 0) is 25.2 Å². The average molecular weight is 286 g/mol. The molecule has 1 aliphatic rings. The standard InChI is InChI=1S/C16H18N2O3/c19-13-7-6-11(8-13)10-17-16(20)15-9-14(18-21-15)12-4-2-1-3-5-12/h1-5,9,11,13,19H,6-8,10H2,(H,17,20). The Kier molecular flexibility index (Phi) is 4.01. The van der Waals surface area contributed by atoms with E-state index in [0.29, 0.717) is 18.2 Å². The lowest BCUT2D eigenvalue weighted by Crippen LogP contribution is -2.28. The smallest absolute Gasteiger partial charge is 0.289 e. The molecule has 110 valence electrons. The quantitative estimate of drug-likeness (QED) is 0.903. The van der Waals surface area contributed by atoms with Crippen molar-refractivity contribution in [2.75, 3.05) is 6.54 Å². The highest BCUT2D eigenvalue weighted by atomic mass is 16.5. The Hall–Kier alpha value is -2.14. The number of hydrogen-bond acceptors (Lipinski definition) is 4. The van der Waals surface area contributed by atoms with Gasteiger partial charge in [-0.1, -0.05) is 35.5 Å². The van der Waals surface area contributed by atoms with Crippen molar-refractivity contribution in [3.05, 3.63) is 42.2 Å². The molecule has 1 aliphatic carbocycles. The van der Waals surface area contributed by atoms with E-state index in [1.165, 1.54) is 0 Å². The van der Waals surface area contributed by atoms with Gasteiger partial charge in [0.2, 0.25) is 5.76 Å². The molecule has 2 N–H and O–H groups in total. The van der Waals surface area contributed by atoms with Crippen LogP contribution < -0.4 is 5.32 Å². The summed E-state index contributed by atoms with van der Waals surface area (Å²) in [5, 5.41) is 16.2. The van der Waals surface area contributed by atoms with Gasteiger partial charge in [-0.3, -0.25) is 4.79 Å². The van der Waals surface area contributed by atoms with Crippen molar-refractivity contribution in [3.8, 4) is 11.3 Å². The molecule has 1 fully saturated rings. The van der Waals surface area contributed by atoms with Crippen LogP contribution in [0.3, 0.4) is 0 Å². The van der Waals surface area contributed by atoms with Gasteiger partial charge in [-0.2, -0.15) is 0 Å². The Morgan fingerprint density at radius 1 is 1.33 bits per heavy atom. The first kappa shape index (κ1) is 13.8. The van der Waals surface area contributed by atoms with Crippen LogP contribution in [0.25, 0.3) is 11.3 Å². The number of carbonyl (C=O) groups is 1. The zero-order valence-electron chi connectivity index (χ0n) is 11.7. The lowest BCUT2D eigenvalue weighted by molar-refractivity contribution is 0.0908. The van der Waals surface area contributed by atoms with E-state index < -0.39 is 0 Å². The number of benzene rings is 1. The second kappa shape index (κ2) is 6.10. The summed E-state index contributed by atoms with van der Waals surface area (Å²) in [6.45, 7) is 0.567. The highest BCUT2D eigenvalue weighted by Gasteiger charge is 2.23. The fourth-order valence-corrected chi connectivity index (χ4v) is 2.69. The topological polar surface area (TPSA) is 75.4 Å². The summed E-state index contributed by atoms with van der Waals surface area (Å²) in [4.78, 5) is 12.0. The Morgan fingerprint density at radius 3 is 2.86 bits per heavy atom. The third kappa shape index (κ3) is 3.31. The summed E-state index contributed by atoms with van der Waals surface area (Å²) in [5.74, 6) is 0.305. The molecule has 21 heavy (non-hydrogen) atoms. The van der Waals surface area contributed by atoms with Crippen molar-refractivity contribution in [1.29, 1.82) is 0 Å². The number of hydrogen-bond donors (Lipinski definition) is 2. The predicted octanol–water partition coefficient (Wildman–Crippen LogP) is 2.23. The zero-order chi connectivity index (χ0) is 14.7. The van der Waals surface area contributed by atoms with Crippen molar-refractivity contribution < 1.29 is 14.4 Å². The van der Waals surface area contributed by atoms with E-state index in [9.17, 15) is 9.90 Å². The molecule has 0 aliphatic heterocycles. The minimum atomic E-state index is -0.258. The predicted molar refractivity (Wildman–Crippen MR) is 77.6 cm³/mol. The van der Waals surface area contributed by atoms with E-state index in [4.69, 9.17) is 4.52 Å². The Bertz CT molecular complexity index is 609. The molecule has 1 aromatic heterocycles. The minimum Gasteiger partial charge on any atom is -0.393 e. The van der Waals surface area contributed by atoms with Gasteiger partial charge in [-0.15, -0.1) is 0 Å². The number of carbonyl (C=O) groups excluding carboxylic acids is 1. The maximum absolute atomic E-state index is 12.0. The van der Waals surface area contributed by atoms with Gasteiger partial charge >= 0.3 is 0 Å². The molecule has 1 heterocycles. The number of nitrogens with zero attached hydrogens (tertiary/aromatic N) is 1. The first-order valence-electron chi connectivity index (χ1n) is 7.21. The molecule has 3 rings (SSSR count). The number of aliphatic hydroxyl groups is 1. The average Bonchev–Trinajstić information content (AvgIpc) is 3.15. The SMILES string of the molecule is O=C(NCC1CCC(O)C1)c1cc(-c2ccccc2)no1. The maximum atomic E-state index is 12.0. The van der Waals surface area contributed by atoms with E-state index in [0.717, 1.165) is 24.8 Å². The van der Waals surface area contributed by atoms with E-state index in [1.807, 2.05) is 30.3 Å². The molecule has 2 atom stereocenters. The van der Waals surface area contributed by atoms with Gasteiger partial charge < -0.3 is 14.9 Å². The van der Waals surface area contributed by atoms with Crippen LogP contribution in [0.4, 0.5) is 0 Å². The lowest BCUT2D eigenvalue weighted by atomic mass is 10.1. The van der Waals surface area contributed by atoms with E-state index >= 15 is 0 Å². The normalized spacial score (nSPS) is 21.4. The summed E-state index contributed by atoms with van der Waals surface area (Å²) >= 11 is 0. The van der Waals surface area contributed by atoms with Crippen LogP contribution in [0.5, 0.6) is 0 Å². The zero-order valence-corrected chi connectivity index (χ0v) is 11.7. The highest BCUT2D eigenvalue weighted by Crippen LogP contribution is 2.24. The highest BCUT2D eigenvalue weighted by molar-refractivity contribution is 5.92. The van der Waals surface area contributed by atoms with Gasteiger partial charge in [0.05, 0.1) is 6.10 Å². The van der Waals surface area contributed by atoms with Crippen molar-refractivity contribution in [1.82, 2.24) is 10.5 Å². The van der Waals surface area contributed by atoms with Crippen LogP contribution in [0, 0.1) is 5.92 Å².